The van der Waals surface area contributed by atoms with E-state index < -0.39 is 0 Å². The number of nitrogens with one attached hydrogen (secondary N) is 2. The predicted octanol–water partition coefficient (Wildman–Crippen LogP) is 4.48. The summed E-state index contributed by atoms with van der Waals surface area (Å²) in [5, 5.41) is 15.3. The van der Waals surface area contributed by atoms with E-state index in [1.165, 1.54) is 5.56 Å². The van der Waals surface area contributed by atoms with Crippen LogP contribution >= 0.6 is 11.8 Å². The van der Waals surface area contributed by atoms with Gasteiger partial charge in [-0.2, -0.15) is 0 Å². The summed E-state index contributed by atoms with van der Waals surface area (Å²) >= 11 is 1.60. The molecule has 2 aromatic carbocycles. The smallest absolute Gasteiger partial charge is 0.315 e. The molecule has 2 N–H and O–H groups in total. The third-order valence-corrected chi connectivity index (χ3v) is 5.72. The fraction of sp³-hybridized carbons (Fsp3) is 0.348. The van der Waals surface area contributed by atoms with Crippen molar-refractivity contribution in [3.8, 4) is 11.4 Å². The summed E-state index contributed by atoms with van der Waals surface area (Å²) in [4.78, 5) is 12.1. The van der Waals surface area contributed by atoms with Gasteiger partial charge in [-0.3, -0.25) is 4.57 Å². The Morgan fingerprint density at radius 2 is 1.94 bits per heavy atom. The first-order valence-corrected chi connectivity index (χ1v) is 11.4. The van der Waals surface area contributed by atoms with Crippen LogP contribution in [0.15, 0.2) is 53.7 Å². The topological polar surface area (TPSA) is 81.1 Å². The van der Waals surface area contributed by atoms with Crippen LogP contribution in [0.2, 0.25) is 0 Å². The van der Waals surface area contributed by atoms with Gasteiger partial charge in [0.1, 0.15) is 5.75 Å². The number of aryl methyl sites for hydroxylation is 1. The van der Waals surface area contributed by atoms with E-state index in [1.807, 2.05) is 34.9 Å². The number of benzene rings is 2. The molecule has 8 heteroatoms. The highest BCUT2D eigenvalue weighted by atomic mass is 32.2. The lowest BCUT2D eigenvalue weighted by Crippen LogP contribution is -2.36. The molecule has 0 saturated heterocycles. The number of ether oxygens (including phenoxy) is 1. The van der Waals surface area contributed by atoms with Gasteiger partial charge in [0, 0.05) is 18.0 Å². The van der Waals surface area contributed by atoms with Gasteiger partial charge < -0.3 is 15.4 Å². The third kappa shape index (κ3) is 6.49. The Morgan fingerprint density at radius 1 is 1.13 bits per heavy atom. The SMILES string of the molecule is CCCCNC(=O)NCc1nnc(SCc2cccc(OC)c2)n1-c1ccc(C)cc1. The lowest BCUT2D eigenvalue weighted by Gasteiger charge is -2.12. The quantitative estimate of drug-likeness (QED) is 0.360. The van der Waals surface area contributed by atoms with Crippen LogP contribution < -0.4 is 15.4 Å². The first kappa shape index (κ1) is 22.7. The third-order valence-electron chi connectivity index (χ3n) is 4.72. The number of amides is 2. The molecule has 0 saturated carbocycles. The summed E-state index contributed by atoms with van der Waals surface area (Å²) in [7, 11) is 1.66. The first-order chi connectivity index (χ1) is 15.1. The van der Waals surface area contributed by atoms with Crippen LogP contribution in [-0.4, -0.2) is 34.5 Å². The maximum absolute atomic E-state index is 12.1. The Morgan fingerprint density at radius 3 is 2.68 bits per heavy atom. The van der Waals surface area contributed by atoms with Crippen LogP contribution in [0.1, 0.15) is 36.7 Å². The molecule has 3 rings (SSSR count). The predicted molar refractivity (Wildman–Crippen MR) is 124 cm³/mol. The van der Waals surface area contributed by atoms with Gasteiger partial charge in [0.05, 0.1) is 13.7 Å². The summed E-state index contributed by atoms with van der Waals surface area (Å²) in [6.45, 7) is 5.10. The van der Waals surface area contributed by atoms with E-state index in [9.17, 15) is 4.79 Å². The van der Waals surface area contributed by atoms with Gasteiger partial charge in [0.25, 0.3) is 0 Å². The summed E-state index contributed by atoms with van der Waals surface area (Å²) in [6.07, 6.45) is 1.99. The van der Waals surface area contributed by atoms with Crippen LogP contribution in [0.5, 0.6) is 5.75 Å². The van der Waals surface area contributed by atoms with E-state index in [2.05, 4.69) is 52.9 Å². The van der Waals surface area contributed by atoms with Gasteiger partial charge in [-0.1, -0.05) is 54.9 Å². The molecule has 0 spiro atoms. The summed E-state index contributed by atoms with van der Waals surface area (Å²) in [5.74, 6) is 2.24. The number of methoxy groups -OCH3 is 1. The highest BCUT2D eigenvalue weighted by molar-refractivity contribution is 7.98. The van der Waals surface area contributed by atoms with Crippen molar-refractivity contribution >= 4 is 17.8 Å². The lowest BCUT2D eigenvalue weighted by atomic mass is 10.2. The first-order valence-electron chi connectivity index (χ1n) is 10.4. The van der Waals surface area contributed by atoms with Gasteiger partial charge >= 0.3 is 6.03 Å². The normalized spacial score (nSPS) is 10.7. The summed E-state index contributed by atoms with van der Waals surface area (Å²) in [6, 6.07) is 16.0. The zero-order chi connectivity index (χ0) is 22.1. The molecule has 0 atom stereocenters. The van der Waals surface area contributed by atoms with Crippen LogP contribution in [0.3, 0.4) is 0 Å². The minimum atomic E-state index is -0.197. The standard InChI is InChI=1S/C23H29N5O2S/c1-4-5-13-24-22(29)25-15-21-26-27-23(28(21)19-11-9-17(2)10-12-19)31-16-18-7-6-8-20(14-18)30-3/h6-12,14H,4-5,13,15-16H2,1-3H3,(H2,24,25,29). The largest absolute Gasteiger partial charge is 0.497 e. The van der Waals surface area contributed by atoms with Gasteiger partial charge in [0.2, 0.25) is 0 Å². The van der Waals surface area contributed by atoms with Crippen molar-refractivity contribution < 1.29 is 9.53 Å². The number of rotatable bonds is 10. The van der Waals surface area contributed by atoms with Crippen molar-refractivity contribution in [2.75, 3.05) is 13.7 Å². The van der Waals surface area contributed by atoms with E-state index in [4.69, 9.17) is 4.74 Å². The summed E-state index contributed by atoms with van der Waals surface area (Å²) < 4.78 is 7.31. The molecule has 164 valence electrons. The number of hydrogen-bond donors (Lipinski definition) is 2. The number of nitrogens with zero attached hydrogens (tertiary/aromatic N) is 3. The fourth-order valence-corrected chi connectivity index (χ4v) is 3.89. The van der Waals surface area contributed by atoms with Crippen molar-refractivity contribution in [3.63, 3.8) is 0 Å². The Balaban J connectivity index is 1.77. The molecule has 0 aliphatic carbocycles. The van der Waals surface area contributed by atoms with Crippen LogP contribution in [0, 0.1) is 6.92 Å². The monoisotopic (exact) mass is 439 g/mol. The minimum absolute atomic E-state index is 0.197. The molecule has 1 heterocycles. The second-order valence-electron chi connectivity index (χ2n) is 7.17. The van der Waals surface area contributed by atoms with Gasteiger partial charge in [-0.05, 0) is 43.2 Å². The number of urea groups is 1. The fourth-order valence-electron chi connectivity index (χ4n) is 2.97. The number of carbonyl (C=O) groups is 1. The van der Waals surface area contributed by atoms with Gasteiger partial charge in [-0.15, -0.1) is 10.2 Å². The molecular weight excluding hydrogens is 410 g/mol. The molecule has 0 bridgehead atoms. The summed E-state index contributed by atoms with van der Waals surface area (Å²) in [5.41, 5.74) is 3.28. The number of unbranched alkanes of at least 4 members (excludes halogenated alkanes) is 1. The maximum atomic E-state index is 12.1. The van der Waals surface area contributed by atoms with Crippen molar-refractivity contribution in [2.24, 2.45) is 0 Å². The zero-order valence-electron chi connectivity index (χ0n) is 18.2. The number of thioether (sulfide) groups is 1. The highest BCUT2D eigenvalue weighted by Gasteiger charge is 2.15. The Hall–Kier alpha value is -3.00. The Bertz CT molecular complexity index is 988. The maximum Gasteiger partial charge on any atom is 0.315 e. The molecule has 0 unspecified atom stereocenters. The molecule has 0 fully saturated rings. The average Bonchev–Trinajstić information content (AvgIpc) is 3.20. The van der Waals surface area contributed by atoms with E-state index >= 15 is 0 Å². The highest BCUT2D eigenvalue weighted by Crippen LogP contribution is 2.26. The number of hydrogen-bond acceptors (Lipinski definition) is 5. The second-order valence-corrected chi connectivity index (χ2v) is 8.12. The van der Waals surface area contributed by atoms with E-state index in [0.29, 0.717) is 18.9 Å². The molecule has 0 aliphatic rings. The second kappa shape index (κ2) is 11.4. The molecule has 0 radical (unpaired) electrons. The Labute approximate surface area is 187 Å². The van der Waals surface area contributed by atoms with Gasteiger partial charge in [-0.25, -0.2) is 4.79 Å². The number of aromatic nitrogens is 3. The van der Waals surface area contributed by atoms with E-state index in [1.54, 1.807) is 18.9 Å². The van der Waals surface area contributed by atoms with Crippen molar-refractivity contribution in [1.29, 1.82) is 0 Å². The molecule has 0 aliphatic heterocycles. The average molecular weight is 440 g/mol. The van der Waals surface area contributed by atoms with Crippen LogP contribution in [-0.2, 0) is 12.3 Å². The minimum Gasteiger partial charge on any atom is -0.497 e. The van der Waals surface area contributed by atoms with Crippen LogP contribution in [0.4, 0.5) is 4.79 Å². The van der Waals surface area contributed by atoms with Crippen molar-refractivity contribution in [1.82, 2.24) is 25.4 Å². The molecule has 3 aromatic rings. The van der Waals surface area contributed by atoms with Crippen LogP contribution in [0.25, 0.3) is 5.69 Å². The van der Waals surface area contributed by atoms with E-state index in [-0.39, 0.29) is 6.03 Å². The molecule has 31 heavy (non-hydrogen) atoms. The van der Waals surface area contributed by atoms with Crippen molar-refractivity contribution in [2.45, 2.75) is 44.1 Å². The zero-order valence-corrected chi connectivity index (χ0v) is 19.0. The molecule has 2 amide bonds. The Kier molecular flexibility index (Phi) is 8.35. The molecule has 7 nitrogen and oxygen atoms in total. The number of carbonyl (C=O) groups excluding carboxylic acids is 1. The lowest BCUT2D eigenvalue weighted by molar-refractivity contribution is 0.240. The van der Waals surface area contributed by atoms with Gasteiger partial charge in [0.15, 0.2) is 11.0 Å². The molecule has 1 aromatic heterocycles. The van der Waals surface area contributed by atoms with Crippen molar-refractivity contribution in [3.05, 3.63) is 65.5 Å². The molecular formula is C23H29N5O2S. The van der Waals surface area contributed by atoms with E-state index in [0.717, 1.165) is 40.8 Å².